The SMILES string of the molecule is [2H]Cc1nc2cc([2H])cc(N)c2c(=O)n1C1C(=O)CC(=O)CC1[2H]. The Morgan fingerprint density at radius 2 is 2.29 bits per heavy atom. The first-order valence-corrected chi connectivity index (χ1v) is 6.40. The number of nitrogen functional groups attached to an aromatic ring is 1. The standard InChI is InChI=1S/C15H15N3O3/c1-8-17-11-4-2-3-10(16)14(11)15(21)18(8)12-6-5-9(19)7-13(12)20/h2-4,12H,5-7,16H2,1H3/i1D,2D,6D. The van der Waals surface area contributed by atoms with Crippen molar-refractivity contribution < 1.29 is 13.7 Å². The molecule has 0 bridgehead atoms. The van der Waals surface area contributed by atoms with Gasteiger partial charge in [-0.2, -0.15) is 0 Å². The molecule has 1 fully saturated rings. The average Bonchev–Trinajstić information content (AvgIpc) is 2.47. The third kappa shape index (κ3) is 2.12. The Morgan fingerprint density at radius 3 is 3.00 bits per heavy atom. The second-order valence-corrected chi connectivity index (χ2v) is 4.94. The van der Waals surface area contributed by atoms with Gasteiger partial charge in [-0.1, -0.05) is 6.04 Å². The first kappa shape index (κ1) is 10.3. The lowest BCUT2D eigenvalue weighted by atomic mass is 9.92. The van der Waals surface area contributed by atoms with Crippen molar-refractivity contribution in [2.75, 3.05) is 5.73 Å². The van der Waals surface area contributed by atoms with Gasteiger partial charge in [-0.15, -0.1) is 0 Å². The maximum absolute atomic E-state index is 12.9. The molecule has 21 heavy (non-hydrogen) atoms. The molecule has 1 aromatic carbocycles. The summed E-state index contributed by atoms with van der Waals surface area (Å²) >= 11 is 0. The van der Waals surface area contributed by atoms with Crippen LogP contribution in [0.1, 0.15) is 35.2 Å². The van der Waals surface area contributed by atoms with Crippen LogP contribution < -0.4 is 11.3 Å². The van der Waals surface area contributed by atoms with Gasteiger partial charge >= 0.3 is 0 Å². The van der Waals surface area contributed by atoms with Crippen molar-refractivity contribution in [3.63, 3.8) is 0 Å². The van der Waals surface area contributed by atoms with Crippen LogP contribution in [0, 0.1) is 6.90 Å². The summed E-state index contributed by atoms with van der Waals surface area (Å²) in [6.07, 6.45) is -1.56. The summed E-state index contributed by atoms with van der Waals surface area (Å²) in [5, 5.41) is 0.0556. The molecule has 6 heteroatoms. The summed E-state index contributed by atoms with van der Waals surface area (Å²) in [4.78, 5) is 40.8. The first-order valence-electron chi connectivity index (χ1n) is 8.19. The Bertz CT molecular complexity index is 926. The Morgan fingerprint density at radius 1 is 1.48 bits per heavy atom. The Kier molecular flexibility index (Phi) is 2.35. The topological polar surface area (TPSA) is 95.0 Å². The quantitative estimate of drug-likeness (QED) is 0.627. The Balaban J connectivity index is 2.31. The van der Waals surface area contributed by atoms with E-state index in [1.54, 1.807) is 0 Å². The number of carbonyl (C=O) groups excluding carboxylic acids is 2. The van der Waals surface area contributed by atoms with Gasteiger partial charge in [-0.25, -0.2) is 4.98 Å². The summed E-state index contributed by atoms with van der Waals surface area (Å²) < 4.78 is 24.3. The van der Waals surface area contributed by atoms with Gasteiger partial charge in [0.1, 0.15) is 11.6 Å². The minimum atomic E-state index is -1.15. The van der Waals surface area contributed by atoms with Gasteiger partial charge in [0.25, 0.3) is 5.56 Å². The lowest BCUT2D eigenvalue weighted by Gasteiger charge is -2.24. The highest BCUT2D eigenvalue weighted by Crippen LogP contribution is 2.24. The monoisotopic (exact) mass is 288 g/mol. The van der Waals surface area contributed by atoms with E-state index in [1.165, 1.54) is 12.1 Å². The molecule has 108 valence electrons. The Labute approximate surface area is 124 Å². The fourth-order valence-electron chi connectivity index (χ4n) is 2.54. The number of fused-ring (bicyclic) bond motifs is 1. The molecular formula is C15H15N3O3. The molecule has 1 heterocycles. The number of aryl methyl sites for hydroxylation is 1. The van der Waals surface area contributed by atoms with Gasteiger partial charge in [0.2, 0.25) is 0 Å². The second-order valence-electron chi connectivity index (χ2n) is 4.94. The number of carbonyl (C=O) groups is 2. The number of anilines is 1. The molecule has 0 radical (unpaired) electrons. The fourth-order valence-corrected chi connectivity index (χ4v) is 2.54. The van der Waals surface area contributed by atoms with Crippen molar-refractivity contribution in [3.8, 4) is 0 Å². The molecule has 2 unspecified atom stereocenters. The smallest absolute Gasteiger partial charge is 0.264 e. The van der Waals surface area contributed by atoms with Crippen molar-refractivity contribution in [2.45, 2.75) is 32.2 Å². The molecule has 1 saturated carbocycles. The maximum Gasteiger partial charge on any atom is 0.264 e. The van der Waals surface area contributed by atoms with Gasteiger partial charge in [-0.05, 0) is 25.4 Å². The molecule has 1 aliphatic rings. The molecule has 0 saturated heterocycles. The van der Waals surface area contributed by atoms with Crippen molar-refractivity contribution >= 4 is 28.2 Å². The molecule has 0 aliphatic heterocycles. The van der Waals surface area contributed by atoms with Crippen LogP contribution in [0.25, 0.3) is 10.9 Å². The number of benzene rings is 1. The zero-order chi connectivity index (χ0) is 17.6. The third-order valence-electron chi connectivity index (χ3n) is 3.51. The minimum absolute atomic E-state index is 0.0162. The van der Waals surface area contributed by atoms with E-state index < -0.39 is 23.8 Å². The molecule has 3 rings (SSSR count). The van der Waals surface area contributed by atoms with Crippen LogP contribution in [0.2, 0.25) is 0 Å². The molecule has 2 N–H and O–H groups in total. The van der Waals surface area contributed by atoms with Crippen LogP contribution in [0.4, 0.5) is 5.69 Å². The predicted molar refractivity (Wildman–Crippen MR) is 78.1 cm³/mol. The van der Waals surface area contributed by atoms with E-state index in [2.05, 4.69) is 4.98 Å². The number of nitrogens with zero attached hydrogens (tertiary/aromatic N) is 2. The van der Waals surface area contributed by atoms with E-state index in [9.17, 15) is 14.4 Å². The number of rotatable bonds is 1. The van der Waals surface area contributed by atoms with Crippen LogP contribution in [0.5, 0.6) is 0 Å². The lowest BCUT2D eigenvalue weighted by molar-refractivity contribution is -0.132. The molecule has 6 nitrogen and oxygen atoms in total. The molecular weight excluding hydrogens is 270 g/mol. The van der Waals surface area contributed by atoms with Gasteiger partial charge in [0, 0.05) is 14.8 Å². The summed E-state index contributed by atoms with van der Waals surface area (Å²) in [6, 6.07) is 1.60. The predicted octanol–water partition coefficient (Wildman–Crippen LogP) is 1.15. The summed E-state index contributed by atoms with van der Waals surface area (Å²) in [7, 11) is 0. The zero-order valence-electron chi connectivity index (χ0n) is 14.1. The maximum atomic E-state index is 12.9. The second kappa shape index (κ2) is 4.80. The van der Waals surface area contributed by atoms with Crippen molar-refractivity contribution in [1.82, 2.24) is 9.55 Å². The average molecular weight is 288 g/mol. The molecule has 0 spiro atoms. The van der Waals surface area contributed by atoms with E-state index in [1.807, 2.05) is 0 Å². The number of Topliss-reactive ketones (excluding diaryl/α,β-unsaturated/α-hetero) is 2. The number of hydrogen-bond acceptors (Lipinski definition) is 5. The largest absolute Gasteiger partial charge is 0.398 e. The third-order valence-corrected chi connectivity index (χ3v) is 3.51. The summed E-state index contributed by atoms with van der Waals surface area (Å²) in [5.74, 6) is -0.842. The number of ketones is 2. The highest BCUT2D eigenvalue weighted by atomic mass is 16.2. The van der Waals surface area contributed by atoms with E-state index in [0.29, 0.717) is 0 Å². The molecule has 1 aliphatic carbocycles. The summed E-state index contributed by atoms with van der Waals surface area (Å²) in [6.45, 7) is -0.377. The van der Waals surface area contributed by atoms with Gasteiger partial charge in [-0.3, -0.25) is 19.0 Å². The molecule has 1 aromatic heterocycles. The first-order chi connectivity index (χ1) is 11.3. The van der Waals surface area contributed by atoms with E-state index in [0.717, 1.165) is 4.57 Å². The van der Waals surface area contributed by atoms with Crippen molar-refractivity contribution in [2.24, 2.45) is 0 Å². The molecule has 2 aromatic rings. The number of nitrogens with two attached hydrogens (primary N) is 1. The van der Waals surface area contributed by atoms with Crippen molar-refractivity contribution in [3.05, 3.63) is 34.4 Å². The van der Waals surface area contributed by atoms with Crippen LogP contribution in [-0.4, -0.2) is 21.1 Å². The molecule has 0 amide bonds. The number of aromatic nitrogens is 2. The number of hydrogen-bond donors (Lipinski definition) is 1. The summed E-state index contributed by atoms with van der Waals surface area (Å²) in [5.41, 5.74) is 5.45. The molecule has 2 atom stereocenters. The minimum Gasteiger partial charge on any atom is -0.398 e. The van der Waals surface area contributed by atoms with E-state index >= 15 is 0 Å². The highest BCUT2D eigenvalue weighted by molar-refractivity contribution is 6.03. The van der Waals surface area contributed by atoms with Crippen LogP contribution in [0.15, 0.2) is 23.0 Å². The van der Waals surface area contributed by atoms with Crippen LogP contribution >= 0.6 is 0 Å². The normalized spacial score (nSPS) is 24.7. The fraction of sp³-hybridized carbons (Fsp3) is 0.333. The van der Waals surface area contributed by atoms with Crippen LogP contribution in [-0.2, 0) is 9.59 Å². The Hall–Kier alpha value is -2.50. The van der Waals surface area contributed by atoms with E-state index in [-0.39, 0.29) is 54.0 Å². The lowest BCUT2D eigenvalue weighted by Crippen LogP contribution is -2.36. The van der Waals surface area contributed by atoms with Gasteiger partial charge < -0.3 is 5.73 Å². The highest BCUT2D eigenvalue weighted by Gasteiger charge is 2.30. The van der Waals surface area contributed by atoms with Crippen LogP contribution in [0.3, 0.4) is 0 Å². The van der Waals surface area contributed by atoms with E-state index in [4.69, 9.17) is 9.85 Å². The van der Waals surface area contributed by atoms with Crippen molar-refractivity contribution in [1.29, 1.82) is 0 Å². The zero-order valence-corrected chi connectivity index (χ0v) is 11.1. The van der Waals surface area contributed by atoms with Gasteiger partial charge in [0.05, 0.1) is 24.7 Å². The van der Waals surface area contributed by atoms with Gasteiger partial charge in [0.15, 0.2) is 5.78 Å².